The van der Waals surface area contributed by atoms with Gasteiger partial charge in [0, 0.05) is 0 Å². The molecule has 1 rings (SSSR count). The maximum Gasteiger partial charge on any atom is 0.337 e. The standard InChI is InChI=1S/C7H12O4/c1-5-3-10-4-6(11-5)7(8)9-2/h5-6H,3-4H2,1-2H3. The molecule has 1 aliphatic rings. The number of methoxy groups -OCH3 is 1. The van der Waals surface area contributed by atoms with Crippen LogP contribution in [-0.2, 0) is 19.0 Å². The minimum atomic E-state index is -0.538. The minimum Gasteiger partial charge on any atom is -0.467 e. The lowest BCUT2D eigenvalue weighted by atomic mass is 10.3. The summed E-state index contributed by atoms with van der Waals surface area (Å²) in [6.07, 6.45) is -0.559. The van der Waals surface area contributed by atoms with Crippen molar-refractivity contribution in [3.63, 3.8) is 0 Å². The zero-order valence-electron chi connectivity index (χ0n) is 6.70. The van der Waals surface area contributed by atoms with Crippen LogP contribution in [0.25, 0.3) is 0 Å². The maximum absolute atomic E-state index is 10.9. The Hall–Kier alpha value is -0.610. The monoisotopic (exact) mass is 160 g/mol. The summed E-state index contributed by atoms with van der Waals surface area (Å²) in [5.41, 5.74) is 0. The van der Waals surface area contributed by atoms with Crippen molar-refractivity contribution in [1.29, 1.82) is 0 Å². The summed E-state index contributed by atoms with van der Waals surface area (Å²) < 4.78 is 14.8. The molecule has 1 heterocycles. The summed E-state index contributed by atoms with van der Waals surface area (Å²) in [7, 11) is 1.34. The van der Waals surface area contributed by atoms with Gasteiger partial charge in [-0.1, -0.05) is 0 Å². The average Bonchev–Trinajstić information content (AvgIpc) is 2.03. The predicted molar refractivity (Wildman–Crippen MR) is 37.2 cm³/mol. The summed E-state index contributed by atoms with van der Waals surface area (Å²) in [5.74, 6) is -0.364. The fraction of sp³-hybridized carbons (Fsp3) is 0.857. The van der Waals surface area contributed by atoms with Gasteiger partial charge in [-0.05, 0) is 6.92 Å². The van der Waals surface area contributed by atoms with Crippen molar-refractivity contribution in [3.8, 4) is 0 Å². The van der Waals surface area contributed by atoms with Crippen molar-refractivity contribution in [2.75, 3.05) is 20.3 Å². The fourth-order valence-electron chi connectivity index (χ4n) is 0.955. The molecule has 0 radical (unpaired) electrons. The number of hydrogen-bond acceptors (Lipinski definition) is 4. The van der Waals surface area contributed by atoms with Gasteiger partial charge < -0.3 is 14.2 Å². The molecule has 1 saturated heterocycles. The van der Waals surface area contributed by atoms with Crippen molar-refractivity contribution >= 4 is 5.97 Å². The molecule has 1 aliphatic heterocycles. The molecule has 1 fully saturated rings. The summed E-state index contributed by atoms with van der Waals surface area (Å²) in [4.78, 5) is 10.9. The van der Waals surface area contributed by atoms with E-state index in [2.05, 4.69) is 4.74 Å². The molecule has 2 unspecified atom stereocenters. The zero-order chi connectivity index (χ0) is 8.27. The van der Waals surface area contributed by atoms with E-state index in [1.54, 1.807) is 0 Å². The Morgan fingerprint density at radius 3 is 2.82 bits per heavy atom. The molecule has 64 valence electrons. The highest BCUT2D eigenvalue weighted by Crippen LogP contribution is 2.07. The lowest BCUT2D eigenvalue weighted by Gasteiger charge is -2.25. The molecule has 0 saturated carbocycles. The first kappa shape index (κ1) is 8.49. The Bertz CT molecular complexity index is 145. The van der Waals surface area contributed by atoms with Crippen LogP contribution in [0.3, 0.4) is 0 Å². The SMILES string of the molecule is COC(=O)C1COCC(C)O1. The maximum atomic E-state index is 10.9. The lowest BCUT2D eigenvalue weighted by molar-refractivity contribution is -0.178. The van der Waals surface area contributed by atoms with Gasteiger partial charge in [-0.15, -0.1) is 0 Å². The number of rotatable bonds is 1. The first-order chi connectivity index (χ1) is 5.24. The Morgan fingerprint density at radius 2 is 2.27 bits per heavy atom. The third-order valence-electron chi connectivity index (χ3n) is 1.48. The summed E-state index contributed by atoms with van der Waals surface area (Å²) in [5, 5.41) is 0. The Kier molecular flexibility index (Phi) is 2.84. The average molecular weight is 160 g/mol. The van der Waals surface area contributed by atoms with Gasteiger partial charge in [0.15, 0.2) is 6.10 Å². The molecule has 0 aromatic rings. The minimum absolute atomic E-state index is 0.0205. The van der Waals surface area contributed by atoms with Crippen molar-refractivity contribution < 1.29 is 19.0 Å². The number of ether oxygens (including phenoxy) is 3. The largest absolute Gasteiger partial charge is 0.467 e. The molecule has 0 aromatic carbocycles. The van der Waals surface area contributed by atoms with E-state index in [1.165, 1.54) is 7.11 Å². The molecule has 11 heavy (non-hydrogen) atoms. The number of hydrogen-bond donors (Lipinski definition) is 0. The van der Waals surface area contributed by atoms with Gasteiger partial charge in [-0.2, -0.15) is 0 Å². The number of esters is 1. The first-order valence-electron chi connectivity index (χ1n) is 3.55. The Morgan fingerprint density at radius 1 is 1.55 bits per heavy atom. The van der Waals surface area contributed by atoms with Crippen LogP contribution >= 0.6 is 0 Å². The zero-order valence-corrected chi connectivity index (χ0v) is 6.70. The van der Waals surface area contributed by atoms with Crippen LogP contribution in [0.4, 0.5) is 0 Å². The van der Waals surface area contributed by atoms with Crippen LogP contribution in [0.15, 0.2) is 0 Å². The molecular formula is C7H12O4. The van der Waals surface area contributed by atoms with Gasteiger partial charge in [0.2, 0.25) is 0 Å². The second-order valence-electron chi connectivity index (χ2n) is 2.50. The van der Waals surface area contributed by atoms with E-state index in [1.807, 2.05) is 6.92 Å². The van der Waals surface area contributed by atoms with Crippen LogP contribution in [0.5, 0.6) is 0 Å². The second-order valence-corrected chi connectivity index (χ2v) is 2.50. The normalized spacial score (nSPS) is 31.5. The van der Waals surface area contributed by atoms with Crippen LogP contribution in [0.2, 0.25) is 0 Å². The summed E-state index contributed by atoms with van der Waals surface area (Å²) >= 11 is 0. The molecule has 2 atom stereocenters. The third kappa shape index (κ3) is 2.17. The highest BCUT2D eigenvalue weighted by molar-refractivity contribution is 5.74. The quantitative estimate of drug-likeness (QED) is 0.505. The topological polar surface area (TPSA) is 44.8 Å². The van der Waals surface area contributed by atoms with Crippen LogP contribution < -0.4 is 0 Å². The number of carbonyl (C=O) groups excluding carboxylic acids is 1. The van der Waals surface area contributed by atoms with Crippen LogP contribution in [0.1, 0.15) is 6.92 Å². The smallest absolute Gasteiger partial charge is 0.337 e. The highest BCUT2D eigenvalue weighted by atomic mass is 16.6. The van der Waals surface area contributed by atoms with Crippen molar-refractivity contribution in [2.24, 2.45) is 0 Å². The van der Waals surface area contributed by atoms with Crippen molar-refractivity contribution in [3.05, 3.63) is 0 Å². The summed E-state index contributed by atoms with van der Waals surface area (Å²) in [6.45, 7) is 2.71. The van der Waals surface area contributed by atoms with E-state index in [0.717, 1.165) is 0 Å². The second kappa shape index (κ2) is 3.69. The Labute approximate surface area is 65.4 Å². The Balaban J connectivity index is 2.39. The van der Waals surface area contributed by atoms with E-state index in [9.17, 15) is 4.79 Å². The highest BCUT2D eigenvalue weighted by Gasteiger charge is 2.26. The third-order valence-corrected chi connectivity index (χ3v) is 1.48. The predicted octanol–water partition coefficient (Wildman–Crippen LogP) is -0.0367. The van der Waals surface area contributed by atoms with Gasteiger partial charge in [0.25, 0.3) is 0 Å². The van der Waals surface area contributed by atoms with Gasteiger partial charge >= 0.3 is 5.97 Å². The van der Waals surface area contributed by atoms with Gasteiger partial charge in [-0.25, -0.2) is 4.79 Å². The molecule has 0 spiro atoms. The van der Waals surface area contributed by atoms with Crippen LogP contribution in [-0.4, -0.2) is 38.5 Å². The van der Waals surface area contributed by atoms with E-state index < -0.39 is 6.10 Å². The van der Waals surface area contributed by atoms with E-state index in [-0.39, 0.29) is 12.1 Å². The van der Waals surface area contributed by atoms with Gasteiger partial charge in [0.1, 0.15) is 0 Å². The van der Waals surface area contributed by atoms with Gasteiger partial charge in [0.05, 0.1) is 26.4 Å². The molecule has 4 heteroatoms. The molecule has 4 nitrogen and oxygen atoms in total. The van der Waals surface area contributed by atoms with Crippen LogP contribution in [0, 0.1) is 0 Å². The lowest BCUT2D eigenvalue weighted by Crippen LogP contribution is -2.40. The molecule has 0 aromatic heterocycles. The first-order valence-corrected chi connectivity index (χ1v) is 3.55. The molecule has 0 aliphatic carbocycles. The van der Waals surface area contributed by atoms with E-state index in [4.69, 9.17) is 9.47 Å². The van der Waals surface area contributed by atoms with E-state index >= 15 is 0 Å². The van der Waals surface area contributed by atoms with Crippen molar-refractivity contribution in [1.82, 2.24) is 0 Å². The van der Waals surface area contributed by atoms with E-state index in [0.29, 0.717) is 13.2 Å². The fourth-order valence-corrected chi connectivity index (χ4v) is 0.955. The summed E-state index contributed by atoms with van der Waals surface area (Å²) in [6, 6.07) is 0. The molecule has 0 N–H and O–H groups in total. The molecular weight excluding hydrogens is 148 g/mol. The molecule has 0 bridgehead atoms. The number of carbonyl (C=O) groups is 1. The molecule has 0 amide bonds. The van der Waals surface area contributed by atoms with Gasteiger partial charge in [-0.3, -0.25) is 0 Å². The van der Waals surface area contributed by atoms with Crippen molar-refractivity contribution in [2.45, 2.75) is 19.1 Å².